The van der Waals surface area contributed by atoms with Gasteiger partial charge in [0.05, 0.1) is 0 Å². The first-order valence-corrected chi connectivity index (χ1v) is 12.3. The van der Waals surface area contributed by atoms with Crippen LogP contribution in [-0.4, -0.2) is 37.7 Å². The third-order valence-electron chi connectivity index (χ3n) is 7.39. The second-order valence-corrected chi connectivity index (χ2v) is 9.38. The van der Waals surface area contributed by atoms with Gasteiger partial charge in [0.25, 0.3) is 0 Å². The van der Waals surface area contributed by atoms with Crippen LogP contribution < -0.4 is 0 Å². The number of fused-ring (bicyclic) bond motifs is 2. The molecule has 2 aromatic rings. The molecule has 2 heterocycles. The van der Waals surface area contributed by atoms with E-state index in [1.807, 2.05) is 0 Å². The SMILES string of the molecule is C1=Cc2ccccc2C(=C2CCN(CCCCC3CCOCC3)CC2)c2ccccc21. The Morgan fingerprint density at radius 3 is 2.03 bits per heavy atom. The maximum Gasteiger partial charge on any atom is 0.0468 e. The minimum Gasteiger partial charge on any atom is -0.381 e. The normalized spacial score (nSPS) is 19.7. The average molecular weight is 414 g/mol. The molecule has 0 saturated carbocycles. The van der Waals surface area contributed by atoms with E-state index in [4.69, 9.17) is 4.74 Å². The molecular weight excluding hydrogens is 378 g/mol. The maximum atomic E-state index is 5.50. The molecule has 31 heavy (non-hydrogen) atoms. The molecule has 1 aliphatic carbocycles. The lowest BCUT2D eigenvalue weighted by atomic mass is 9.86. The van der Waals surface area contributed by atoms with Gasteiger partial charge in [0.15, 0.2) is 0 Å². The lowest BCUT2D eigenvalue weighted by Crippen LogP contribution is -2.32. The van der Waals surface area contributed by atoms with Crippen LogP contribution in [0.15, 0.2) is 54.1 Å². The summed E-state index contributed by atoms with van der Waals surface area (Å²) in [5.74, 6) is 0.912. The average Bonchev–Trinajstić information content (AvgIpc) is 3.00. The zero-order valence-corrected chi connectivity index (χ0v) is 18.7. The highest BCUT2D eigenvalue weighted by Gasteiger charge is 2.22. The number of benzene rings is 2. The van der Waals surface area contributed by atoms with Crippen LogP contribution in [0, 0.1) is 5.92 Å². The molecule has 2 fully saturated rings. The van der Waals surface area contributed by atoms with Gasteiger partial charge in [0, 0.05) is 26.3 Å². The largest absolute Gasteiger partial charge is 0.381 e. The fourth-order valence-electron chi connectivity index (χ4n) is 5.55. The van der Waals surface area contributed by atoms with Crippen molar-refractivity contribution in [2.75, 3.05) is 32.8 Å². The van der Waals surface area contributed by atoms with Crippen molar-refractivity contribution >= 4 is 17.7 Å². The van der Waals surface area contributed by atoms with Crippen LogP contribution in [0.25, 0.3) is 17.7 Å². The summed E-state index contributed by atoms with van der Waals surface area (Å²) < 4.78 is 5.50. The van der Waals surface area contributed by atoms with Gasteiger partial charge in [-0.1, -0.05) is 79.1 Å². The standard InChI is InChI=1S/C29H35NO/c1-3-10-27-24(8-1)12-13-25-9-2-4-11-28(25)29(27)26-14-19-30(20-15-26)18-6-5-7-23-16-21-31-22-17-23/h1-4,8-13,23H,5-7,14-22H2. The number of hydrogen-bond acceptors (Lipinski definition) is 2. The molecular formula is C29H35NO. The van der Waals surface area contributed by atoms with Crippen molar-refractivity contribution < 1.29 is 4.74 Å². The first-order chi connectivity index (χ1) is 15.4. The number of nitrogens with zero attached hydrogens (tertiary/aromatic N) is 1. The molecule has 0 atom stereocenters. The number of hydrogen-bond donors (Lipinski definition) is 0. The van der Waals surface area contributed by atoms with E-state index in [9.17, 15) is 0 Å². The first-order valence-electron chi connectivity index (χ1n) is 12.3. The van der Waals surface area contributed by atoms with Crippen molar-refractivity contribution in [1.82, 2.24) is 4.90 Å². The van der Waals surface area contributed by atoms with E-state index >= 15 is 0 Å². The van der Waals surface area contributed by atoms with E-state index < -0.39 is 0 Å². The Morgan fingerprint density at radius 2 is 1.39 bits per heavy atom. The maximum absolute atomic E-state index is 5.50. The van der Waals surface area contributed by atoms with E-state index in [-0.39, 0.29) is 0 Å². The quantitative estimate of drug-likeness (QED) is 0.433. The molecule has 0 bridgehead atoms. The van der Waals surface area contributed by atoms with Gasteiger partial charge in [0.1, 0.15) is 0 Å². The Hall–Kier alpha value is -2.16. The molecule has 2 aliphatic heterocycles. The minimum absolute atomic E-state index is 0.912. The van der Waals surface area contributed by atoms with Gasteiger partial charge in [-0.3, -0.25) is 0 Å². The summed E-state index contributed by atoms with van der Waals surface area (Å²) in [7, 11) is 0. The van der Waals surface area contributed by atoms with Gasteiger partial charge >= 0.3 is 0 Å². The third-order valence-corrected chi connectivity index (χ3v) is 7.39. The van der Waals surface area contributed by atoms with Crippen molar-refractivity contribution in [2.24, 2.45) is 5.92 Å². The molecule has 0 unspecified atom stereocenters. The molecule has 0 N–H and O–H groups in total. The van der Waals surface area contributed by atoms with Crippen molar-refractivity contribution in [3.05, 3.63) is 76.4 Å². The molecule has 0 amide bonds. The van der Waals surface area contributed by atoms with Crippen molar-refractivity contribution in [3.63, 3.8) is 0 Å². The molecule has 2 nitrogen and oxygen atoms in total. The van der Waals surface area contributed by atoms with E-state index in [1.54, 1.807) is 5.57 Å². The molecule has 0 spiro atoms. The molecule has 0 aromatic heterocycles. The molecule has 0 radical (unpaired) electrons. The van der Waals surface area contributed by atoms with E-state index in [2.05, 4.69) is 65.6 Å². The van der Waals surface area contributed by atoms with Gasteiger partial charge in [-0.2, -0.15) is 0 Å². The van der Waals surface area contributed by atoms with E-state index in [0.717, 1.165) is 19.1 Å². The summed E-state index contributed by atoms with van der Waals surface area (Å²) in [6.07, 6.45) is 13.6. The minimum atomic E-state index is 0.912. The van der Waals surface area contributed by atoms with Gasteiger partial charge in [-0.25, -0.2) is 0 Å². The topological polar surface area (TPSA) is 12.5 Å². The molecule has 2 aromatic carbocycles. The van der Waals surface area contributed by atoms with Crippen molar-refractivity contribution in [1.29, 1.82) is 0 Å². The fourth-order valence-corrected chi connectivity index (χ4v) is 5.55. The number of unbranched alkanes of at least 4 members (excludes halogenated alkanes) is 1. The number of rotatable bonds is 5. The lowest BCUT2D eigenvalue weighted by Gasteiger charge is -2.31. The van der Waals surface area contributed by atoms with E-state index in [1.165, 1.54) is 92.4 Å². The Bertz CT molecular complexity index is 889. The van der Waals surface area contributed by atoms with Crippen LogP contribution in [0.3, 0.4) is 0 Å². The smallest absolute Gasteiger partial charge is 0.0468 e. The lowest BCUT2D eigenvalue weighted by molar-refractivity contribution is 0.0628. The monoisotopic (exact) mass is 413 g/mol. The highest BCUT2D eigenvalue weighted by molar-refractivity contribution is 5.94. The number of piperidine rings is 1. The second kappa shape index (κ2) is 9.97. The van der Waals surface area contributed by atoms with Crippen LogP contribution in [0.4, 0.5) is 0 Å². The predicted octanol–water partition coefficient (Wildman–Crippen LogP) is 6.67. The number of likely N-dealkylation sites (tertiary alicyclic amines) is 1. The van der Waals surface area contributed by atoms with Gasteiger partial charge in [0.2, 0.25) is 0 Å². The Morgan fingerprint density at radius 1 is 0.774 bits per heavy atom. The molecule has 5 rings (SSSR count). The van der Waals surface area contributed by atoms with Crippen LogP contribution >= 0.6 is 0 Å². The van der Waals surface area contributed by atoms with Crippen molar-refractivity contribution in [2.45, 2.75) is 44.9 Å². The zero-order valence-electron chi connectivity index (χ0n) is 18.7. The fraction of sp³-hybridized carbons (Fsp3) is 0.448. The van der Waals surface area contributed by atoms with Gasteiger partial charge in [-0.05, 0) is 72.4 Å². The molecule has 3 aliphatic rings. The highest BCUT2D eigenvalue weighted by Crippen LogP contribution is 2.38. The summed E-state index contributed by atoms with van der Waals surface area (Å²) in [6.45, 7) is 5.63. The first kappa shape index (κ1) is 20.7. The van der Waals surface area contributed by atoms with Crippen molar-refractivity contribution in [3.8, 4) is 0 Å². The molecule has 2 saturated heterocycles. The second-order valence-electron chi connectivity index (χ2n) is 9.38. The Labute approximate surface area is 187 Å². The summed E-state index contributed by atoms with van der Waals surface area (Å²) >= 11 is 0. The van der Waals surface area contributed by atoms with Crippen LogP contribution in [0.5, 0.6) is 0 Å². The highest BCUT2D eigenvalue weighted by atomic mass is 16.5. The third kappa shape index (κ3) is 4.86. The zero-order chi connectivity index (χ0) is 20.9. The van der Waals surface area contributed by atoms with E-state index in [0.29, 0.717) is 0 Å². The summed E-state index contributed by atoms with van der Waals surface area (Å²) in [4.78, 5) is 2.70. The Kier molecular flexibility index (Phi) is 6.67. The van der Waals surface area contributed by atoms with Gasteiger partial charge in [-0.15, -0.1) is 0 Å². The van der Waals surface area contributed by atoms with Crippen LogP contribution in [0.1, 0.15) is 67.2 Å². The Balaban J connectivity index is 1.25. The van der Waals surface area contributed by atoms with Crippen LogP contribution in [0.2, 0.25) is 0 Å². The van der Waals surface area contributed by atoms with Crippen LogP contribution in [-0.2, 0) is 4.74 Å². The molecule has 162 valence electrons. The summed E-state index contributed by atoms with van der Waals surface area (Å²) in [5.41, 5.74) is 8.64. The number of ether oxygens (including phenoxy) is 1. The summed E-state index contributed by atoms with van der Waals surface area (Å²) in [6, 6.07) is 17.8. The van der Waals surface area contributed by atoms with Gasteiger partial charge < -0.3 is 9.64 Å². The molecule has 2 heteroatoms. The summed E-state index contributed by atoms with van der Waals surface area (Å²) in [5, 5.41) is 0. The predicted molar refractivity (Wildman–Crippen MR) is 131 cm³/mol.